The molecule has 1 atom stereocenters. The Labute approximate surface area is 102 Å². The molecule has 90 valence electrons. The maximum atomic E-state index is 4.72. The van der Waals surface area contributed by atoms with Gasteiger partial charge in [-0.2, -0.15) is 0 Å². The van der Waals surface area contributed by atoms with Crippen LogP contribution in [0.3, 0.4) is 0 Å². The number of nitrogens with zero attached hydrogens (tertiary/aromatic N) is 1. The minimum absolute atomic E-state index is 0.639. The zero-order chi connectivity index (χ0) is 11.4. The lowest BCUT2D eigenvalue weighted by Gasteiger charge is -2.06. The number of thiazole rings is 1. The van der Waals surface area contributed by atoms with Crippen molar-refractivity contribution in [2.45, 2.75) is 64.5 Å². The first-order valence-electron chi connectivity index (χ1n) is 6.47. The first-order valence-corrected chi connectivity index (χ1v) is 7.35. The van der Waals surface area contributed by atoms with Crippen molar-refractivity contribution in [3.05, 3.63) is 16.1 Å². The summed E-state index contributed by atoms with van der Waals surface area (Å²) in [6.45, 7) is 5.51. The van der Waals surface area contributed by atoms with E-state index >= 15 is 0 Å². The normalized spacial score (nSPS) is 17.6. The van der Waals surface area contributed by atoms with Crippen LogP contribution in [0.1, 0.15) is 62.6 Å². The molecule has 0 spiro atoms. The summed E-state index contributed by atoms with van der Waals surface area (Å²) in [5.74, 6) is 0.639. The van der Waals surface area contributed by atoms with Crippen LogP contribution < -0.4 is 5.32 Å². The largest absolute Gasteiger partial charge is 0.308 e. The van der Waals surface area contributed by atoms with E-state index in [1.54, 1.807) is 0 Å². The van der Waals surface area contributed by atoms with E-state index in [-0.39, 0.29) is 0 Å². The molecule has 1 aromatic heterocycles. The number of unbranched alkanes of at least 4 members (excludes halogenated alkanes) is 1. The molecule has 2 rings (SSSR count). The first kappa shape index (κ1) is 12.1. The van der Waals surface area contributed by atoms with Crippen molar-refractivity contribution in [3.63, 3.8) is 0 Å². The van der Waals surface area contributed by atoms with Crippen LogP contribution in [0.4, 0.5) is 0 Å². The van der Waals surface area contributed by atoms with E-state index in [1.165, 1.54) is 42.8 Å². The van der Waals surface area contributed by atoms with Crippen molar-refractivity contribution in [1.29, 1.82) is 0 Å². The first-order chi connectivity index (χ1) is 7.79. The quantitative estimate of drug-likeness (QED) is 0.783. The van der Waals surface area contributed by atoms with Crippen LogP contribution >= 0.6 is 11.3 Å². The van der Waals surface area contributed by atoms with Gasteiger partial charge in [-0.05, 0) is 19.3 Å². The van der Waals surface area contributed by atoms with Gasteiger partial charge >= 0.3 is 0 Å². The molecule has 1 aliphatic rings. The van der Waals surface area contributed by atoms with E-state index < -0.39 is 0 Å². The van der Waals surface area contributed by atoms with Crippen molar-refractivity contribution in [1.82, 2.24) is 10.3 Å². The van der Waals surface area contributed by atoms with Gasteiger partial charge in [-0.1, -0.05) is 26.7 Å². The van der Waals surface area contributed by atoms with Gasteiger partial charge in [0.05, 0.1) is 10.7 Å². The fourth-order valence-electron chi connectivity index (χ4n) is 1.80. The van der Waals surface area contributed by atoms with Crippen molar-refractivity contribution in [2.24, 2.45) is 0 Å². The number of nitrogens with one attached hydrogen (secondary N) is 1. The molecular formula is C13H22N2S. The van der Waals surface area contributed by atoms with Crippen LogP contribution in [0.2, 0.25) is 0 Å². The second kappa shape index (κ2) is 5.78. The Bertz CT molecular complexity index is 317. The van der Waals surface area contributed by atoms with E-state index in [4.69, 9.17) is 4.98 Å². The minimum Gasteiger partial charge on any atom is -0.308 e. The molecule has 1 unspecified atom stereocenters. The highest BCUT2D eigenvalue weighted by Crippen LogP contribution is 2.25. The van der Waals surface area contributed by atoms with Gasteiger partial charge in [0.15, 0.2) is 0 Å². The zero-order valence-electron chi connectivity index (χ0n) is 10.3. The maximum Gasteiger partial charge on any atom is 0.0957 e. The molecular weight excluding hydrogens is 216 g/mol. The molecule has 1 aromatic rings. The summed E-state index contributed by atoms with van der Waals surface area (Å²) in [4.78, 5) is 4.72. The molecule has 3 heteroatoms. The standard InChI is InChI=1S/C13H22N2S/c1-3-4-5-10(2)13-15-12(9-16-13)8-14-11-6-7-11/h9-11,14H,3-8H2,1-2H3. The van der Waals surface area contributed by atoms with Gasteiger partial charge in [0.1, 0.15) is 0 Å². The highest BCUT2D eigenvalue weighted by Gasteiger charge is 2.20. The monoisotopic (exact) mass is 238 g/mol. The molecule has 1 aliphatic carbocycles. The van der Waals surface area contributed by atoms with Crippen LogP contribution in [0.5, 0.6) is 0 Å². The highest BCUT2D eigenvalue weighted by molar-refractivity contribution is 7.09. The second-order valence-corrected chi connectivity index (χ2v) is 5.77. The average molecular weight is 238 g/mol. The van der Waals surface area contributed by atoms with Gasteiger partial charge in [-0.15, -0.1) is 11.3 Å². The predicted octanol–water partition coefficient (Wildman–Crippen LogP) is 3.69. The van der Waals surface area contributed by atoms with E-state index in [0.717, 1.165) is 12.6 Å². The zero-order valence-corrected chi connectivity index (χ0v) is 11.1. The van der Waals surface area contributed by atoms with Crippen molar-refractivity contribution in [2.75, 3.05) is 0 Å². The predicted molar refractivity (Wildman–Crippen MR) is 69.9 cm³/mol. The molecule has 0 aliphatic heterocycles. The van der Waals surface area contributed by atoms with E-state index in [2.05, 4.69) is 24.5 Å². The van der Waals surface area contributed by atoms with Gasteiger partial charge in [0, 0.05) is 23.9 Å². The lowest BCUT2D eigenvalue weighted by Crippen LogP contribution is -2.15. The Hall–Kier alpha value is -0.410. The molecule has 0 aromatic carbocycles. The molecule has 0 amide bonds. The summed E-state index contributed by atoms with van der Waals surface area (Å²) in [6, 6.07) is 0.780. The third-order valence-corrected chi connectivity index (χ3v) is 4.26. The molecule has 1 heterocycles. The molecule has 2 nitrogen and oxygen atoms in total. The molecule has 16 heavy (non-hydrogen) atoms. The average Bonchev–Trinajstić information content (AvgIpc) is 3.00. The minimum atomic E-state index is 0.639. The van der Waals surface area contributed by atoms with Gasteiger partial charge in [0.25, 0.3) is 0 Å². The summed E-state index contributed by atoms with van der Waals surface area (Å²) in [5.41, 5.74) is 1.23. The maximum absolute atomic E-state index is 4.72. The van der Waals surface area contributed by atoms with Crippen molar-refractivity contribution >= 4 is 11.3 Å². The van der Waals surface area contributed by atoms with Crippen molar-refractivity contribution in [3.8, 4) is 0 Å². The molecule has 0 saturated heterocycles. The lowest BCUT2D eigenvalue weighted by molar-refractivity contribution is 0.615. The van der Waals surface area contributed by atoms with E-state index in [9.17, 15) is 0 Å². The smallest absolute Gasteiger partial charge is 0.0957 e. The Morgan fingerprint density at radius 1 is 1.56 bits per heavy atom. The number of aromatic nitrogens is 1. The summed E-state index contributed by atoms with van der Waals surface area (Å²) in [7, 11) is 0. The van der Waals surface area contributed by atoms with Crippen LogP contribution in [-0.2, 0) is 6.54 Å². The van der Waals surface area contributed by atoms with Gasteiger partial charge < -0.3 is 5.32 Å². The fraction of sp³-hybridized carbons (Fsp3) is 0.769. The van der Waals surface area contributed by atoms with Crippen molar-refractivity contribution < 1.29 is 0 Å². The molecule has 0 bridgehead atoms. The Morgan fingerprint density at radius 2 is 2.38 bits per heavy atom. The third-order valence-electron chi connectivity index (χ3n) is 3.13. The summed E-state index contributed by atoms with van der Waals surface area (Å²) in [6.07, 6.45) is 6.58. The Balaban J connectivity index is 1.80. The molecule has 1 fully saturated rings. The number of rotatable bonds is 7. The second-order valence-electron chi connectivity index (χ2n) is 4.88. The van der Waals surface area contributed by atoms with Crippen LogP contribution in [-0.4, -0.2) is 11.0 Å². The van der Waals surface area contributed by atoms with Gasteiger partial charge in [-0.3, -0.25) is 0 Å². The number of hydrogen-bond donors (Lipinski definition) is 1. The fourth-order valence-corrected chi connectivity index (χ4v) is 2.71. The molecule has 1 N–H and O–H groups in total. The Kier molecular flexibility index (Phi) is 4.36. The van der Waals surface area contributed by atoms with E-state index in [0.29, 0.717) is 5.92 Å². The van der Waals surface area contributed by atoms with Crippen LogP contribution in [0.25, 0.3) is 0 Å². The van der Waals surface area contributed by atoms with E-state index in [1.807, 2.05) is 11.3 Å². The van der Waals surface area contributed by atoms with Gasteiger partial charge in [0.2, 0.25) is 0 Å². The third kappa shape index (κ3) is 3.56. The SMILES string of the molecule is CCCCC(C)c1nc(CNC2CC2)cs1. The molecule has 1 saturated carbocycles. The summed E-state index contributed by atoms with van der Waals surface area (Å²) >= 11 is 1.83. The summed E-state index contributed by atoms with van der Waals surface area (Å²) in [5, 5.41) is 7.05. The van der Waals surface area contributed by atoms with Crippen LogP contribution in [0.15, 0.2) is 5.38 Å². The topological polar surface area (TPSA) is 24.9 Å². The summed E-state index contributed by atoms with van der Waals surface area (Å²) < 4.78 is 0. The lowest BCUT2D eigenvalue weighted by atomic mass is 10.1. The van der Waals surface area contributed by atoms with Gasteiger partial charge in [-0.25, -0.2) is 4.98 Å². The number of hydrogen-bond acceptors (Lipinski definition) is 3. The molecule has 0 radical (unpaired) electrons. The highest BCUT2D eigenvalue weighted by atomic mass is 32.1. The Morgan fingerprint density at radius 3 is 3.06 bits per heavy atom. The van der Waals surface area contributed by atoms with Crippen LogP contribution in [0, 0.1) is 0 Å².